The van der Waals surface area contributed by atoms with Gasteiger partial charge < -0.3 is 10.1 Å². The van der Waals surface area contributed by atoms with Gasteiger partial charge in [0, 0.05) is 27.9 Å². The fraction of sp³-hybridized carbons (Fsp3) is 0.188. The monoisotopic (exact) mass is 367 g/mol. The molecular formula is C16H15BrClNO2. The third kappa shape index (κ3) is 4.30. The van der Waals surface area contributed by atoms with Crippen LogP contribution in [0.5, 0.6) is 0 Å². The smallest absolute Gasteiger partial charge is 0.255 e. The van der Waals surface area contributed by atoms with Gasteiger partial charge in [-0.15, -0.1) is 0 Å². The number of rotatable bonds is 5. The molecule has 0 radical (unpaired) electrons. The zero-order valence-corrected chi connectivity index (χ0v) is 13.9. The Kier molecular flexibility index (Phi) is 5.79. The molecule has 0 unspecified atom stereocenters. The second-order valence-electron chi connectivity index (χ2n) is 4.38. The predicted molar refractivity (Wildman–Crippen MR) is 88.9 cm³/mol. The Morgan fingerprint density at radius 2 is 2.05 bits per heavy atom. The summed E-state index contributed by atoms with van der Waals surface area (Å²) in [4.78, 5) is 12.3. The summed E-state index contributed by atoms with van der Waals surface area (Å²) in [6.45, 7) is 3.03. The quantitative estimate of drug-likeness (QED) is 0.816. The van der Waals surface area contributed by atoms with E-state index in [-0.39, 0.29) is 5.91 Å². The number of carbonyl (C=O) groups excluding carboxylic acids is 1. The first-order valence-corrected chi connectivity index (χ1v) is 7.71. The van der Waals surface area contributed by atoms with E-state index in [1.54, 1.807) is 18.2 Å². The molecule has 1 amide bonds. The Balaban J connectivity index is 2.17. The highest BCUT2D eigenvalue weighted by Crippen LogP contribution is 2.24. The van der Waals surface area contributed by atoms with E-state index in [0.717, 1.165) is 15.7 Å². The summed E-state index contributed by atoms with van der Waals surface area (Å²) in [6, 6.07) is 12.7. The summed E-state index contributed by atoms with van der Waals surface area (Å²) in [7, 11) is 0. The van der Waals surface area contributed by atoms with Crippen LogP contribution < -0.4 is 5.32 Å². The predicted octanol–water partition coefficient (Wildman–Crippen LogP) is 4.89. The molecule has 2 rings (SSSR count). The van der Waals surface area contributed by atoms with Crippen LogP contribution in [0.3, 0.4) is 0 Å². The van der Waals surface area contributed by atoms with Crippen molar-refractivity contribution < 1.29 is 9.53 Å². The maximum absolute atomic E-state index is 12.3. The molecule has 2 aromatic carbocycles. The van der Waals surface area contributed by atoms with Gasteiger partial charge in [0.25, 0.3) is 5.91 Å². The van der Waals surface area contributed by atoms with E-state index in [9.17, 15) is 4.79 Å². The molecule has 2 aromatic rings. The van der Waals surface area contributed by atoms with Crippen LogP contribution in [0.15, 0.2) is 46.9 Å². The van der Waals surface area contributed by atoms with Gasteiger partial charge in [0.05, 0.1) is 11.6 Å². The minimum atomic E-state index is -0.201. The minimum Gasteiger partial charge on any atom is -0.377 e. The molecule has 5 heteroatoms. The second-order valence-corrected chi connectivity index (χ2v) is 5.64. The highest BCUT2D eigenvalue weighted by molar-refractivity contribution is 9.10. The van der Waals surface area contributed by atoms with Crippen LogP contribution in [0.1, 0.15) is 22.8 Å². The fourth-order valence-electron chi connectivity index (χ4n) is 1.81. The number of anilines is 1. The van der Waals surface area contributed by atoms with E-state index in [4.69, 9.17) is 16.3 Å². The molecule has 0 aliphatic heterocycles. The van der Waals surface area contributed by atoms with Gasteiger partial charge in [0.1, 0.15) is 0 Å². The molecule has 1 N–H and O–H groups in total. The molecule has 0 heterocycles. The molecule has 21 heavy (non-hydrogen) atoms. The maximum atomic E-state index is 12.3. The van der Waals surface area contributed by atoms with E-state index in [2.05, 4.69) is 21.2 Å². The molecule has 0 aromatic heterocycles. The SMILES string of the molecule is CCOCc1ccccc1NC(=O)c1ccc(Br)c(Cl)c1. The van der Waals surface area contributed by atoms with Crippen LogP contribution in [-0.4, -0.2) is 12.5 Å². The maximum Gasteiger partial charge on any atom is 0.255 e. The standard InChI is InChI=1S/C16H15BrClNO2/c1-2-21-10-12-5-3-4-6-15(12)19-16(20)11-7-8-13(17)14(18)9-11/h3-9H,2,10H2,1H3,(H,19,20). The van der Waals surface area contributed by atoms with Gasteiger partial charge >= 0.3 is 0 Å². The van der Waals surface area contributed by atoms with Crippen molar-refractivity contribution in [1.29, 1.82) is 0 Å². The number of hydrogen-bond donors (Lipinski definition) is 1. The largest absolute Gasteiger partial charge is 0.377 e. The zero-order chi connectivity index (χ0) is 15.2. The normalized spacial score (nSPS) is 10.4. The highest BCUT2D eigenvalue weighted by atomic mass is 79.9. The first kappa shape index (κ1) is 16.0. The highest BCUT2D eigenvalue weighted by Gasteiger charge is 2.10. The van der Waals surface area contributed by atoms with E-state index in [1.165, 1.54) is 0 Å². The number of benzene rings is 2. The Morgan fingerprint density at radius 3 is 2.76 bits per heavy atom. The van der Waals surface area contributed by atoms with Crippen LogP contribution in [0, 0.1) is 0 Å². The average Bonchev–Trinajstić information content (AvgIpc) is 2.49. The van der Waals surface area contributed by atoms with Crippen molar-refractivity contribution in [2.24, 2.45) is 0 Å². The minimum absolute atomic E-state index is 0.201. The van der Waals surface area contributed by atoms with Crippen molar-refractivity contribution in [3.8, 4) is 0 Å². The molecule has 0 saturated heterocycles. The first-order chi connectivity index (χ1) is 10.1. The number of amides is 1. The molecule has 110 valence electrons. The summed E-state index contributed by atoms with van der Waals surface area (Å²) in [5, 5.41) is 3.39. The number of para-hydroxylation sites is 1. The van der Waals surface area contributed by atoms with Crippen molar-refractivity contribution >= 4 is 39.1 Å². The lowest BCUT2D eigenvalue weighted by Gasteiger charge is -2.11. The third-order valence-corrected chi connectivity index (χ3v) is 4.14. The van der Waals surface area contributed by atoms with E-state index in [1.807, 2.05) is 31.2 Å². The van der Waals surface area contributed by atoms with E-state index < -0.39 is 0 Å². The number of nitrogens with one attached hydrogen (secondary N) is 1. The lowest BCUT2D eigenvalue weighted by Crippen LogP contribution is -2.13. The van der Waals surface area contributed by atoms with Gasteiger partial charge in [-0.1, -0.05) is 29.8 Å². The van der Waals surface area contributed by atoms with Crippen molar-refractivity contribution in [2.45, 2.75) is 13.5 Å². The fourth-order valence-corrected chi connectivity index (χ4v) is 2.24. The molecule has 0 aliphatic rings. The zero-order valence-electron chi connectivity index (χ0n) is 11.5. The summed E-state index contributed by atoms with van der Waals surface area (Å²) in [5.74, 6) is -0.201. The Bertz CT molecular complexity index is 646. The summed E-state index contributed by atoms with van der Waals surface area (Å²) >= 11 is 9.32. The molecular weight excluding hydrogens is 354 g/mol. The Hall–Kier alpha value is -1.36. The van der Waals surface area contributed by atoms with Crippen molar-refractivity contribution in [3.63, 3.8) is 0 Å². The van der Waals surface area contributed by atoms with Gasteiger partial charge in [0.2, 0.25) is 0 Å². The molecule has 0 aliphatic carbocycles. The average molecular weight is 369 g/mol. The molecule has 0 bridgehead atoms. The van der Waals surface area contributed by atoms with Gasteiger partial charge in [-0.3, -0.25) is 4.79 Å². The number of halogens is 2. The van der Waals surface area contributed by atoms with Crippen molar-refractivity contribution in [3.05, 3.63) is 63.1 Å². The molecule has 0 saturated carbocycles. The molecule has 3 nitrogen and oxygen atoms in total. The molecule has 0 fully saturated rings. The second kappa shape index (κ2) is 7.59. The van der Waals surface area contributed by atoms with E-state index >= 15 is 0 Å². The van der Waals surface area contributed by atoms with Gasteiger partial charge in [-0.05, 0) is 47.1 Å². The number of carbonyl (C=O) groups is 1. The van der Waals surface area contributed by atoms with Crippen LogP contribution >= 0.6 is 27.5 Å². The lowest BCUT2D eigenvalue weighted by atomic mass is 10.1. The molecule has 0 spiro atoms. The van der Waals surface area contributed by atoms with Gasteiger partial charge in [0.15, 0.2) is 0 Å². The number of hydrogen-bond acceptors (Lipinski definition) is 2. The molecule has 0 atom stereocenters. The summed E-state index contributed by atoms with van der Waals surface area (Å²) < 4.78 is 6.17. The van der Waals surface area contributed by atoms with Crippen LogP contribution in [0.25, 0.3) is 0 Å². The van der Waals surface area contributed by atoms with Gasteiger partial charge in [-0.2, -0.15) is 0 Å². The van der Waals surface area contributed by atoms with Crippen LogP contribution in [0.2, 0.25) is 5.02 Å². The Morgan fingerprint density at radius 1 is 1.29 bits per heavy atom. The van der Waals surface area contributed by atoms with Crippen LogP contribution in [-0.2, 0) is 11.3 Å². The Labute approximate surface area is 137 Å². The lowest BCUT2D eigenvalue weighted by molar-refractivity contribution is 0.102. The number of ether oxygens (including phenoxy) is 1. The first-order valence-electron chi connectivity index (χ1n) is 6.54. The van der Waals surface area contributed by atoms with Gasteiger partial charge in [-0.25, -0.2) is 0 Å². The van der Waals surface area contributed by atoms with Crippen molar-refractivity contribution in [2.75, 3.05) is 11.9 Å². The van der Waals surface area contributed by atoms with Crippen LogP contribution in [0.4, 0.5) is 5.69 Å². The summed E-state index contributed by atoms with van der Waals surface area (Å²) in [5.41, 5.74) is 2.19. The topological polar surface area (TPSA) is 38.3 Å². The third-order valence-electron chi connectivity index (χ3n) is 2.91. The summed E-state index contributed by atoms with van der Waals surface area (Å²) in [6.07, 6.45) is 0. The van der Waals surface area contributed by atoms with Crippen molar-refractivity contribution in [1.82, 2.24) is 0 Å². The van der Waals surface area contributed by atoms with E-state index in [0.29, 0.717) is 23.8 Å².